The molecule has 0 radical (unpaired) electrons. The summed E-state index contributed by atoms with van der Waals surface area (Å²) >= 11 is 0.938. The van der Waals surface area contributed by atoms with Crippen LogP contribution in [0.4, 0.5) is 0 Å². The van der Waals surface area contributed by atoms with Crippen LogP contribution in [0.3, 0.4) is 0 Å². The van der Waals surface area contributed by atoms with Crippen molar-refractivity contribution in [3.05, 3.63) is 45.1 Å². The molecule has 2 amide bonds. The van der Waals surface area contributed by atoms with Crippen molar-refractivity contribution in [2.24, 2.45) is 10.2 Å². The summed E-state index contributed by atoms with van der Waals surface area (Å²) < 4.78 is 45.1. The Hall–Kier alpha value is -5.18. The Labute approximate surface area is 328 Å². The van der Waals surface area contributed by atoms with Crippen LogP contribution in [0.5, 0.6) is 46.0 Å². The predicted octanol–water partition coefficient (Wildman–Crippen LogP) is 8.03. The summed E-state index contributed by atoms with van der Waals surface area (Å²) in [5.74, 6) is 1.80. The van der Waals surface area contributed by atoms with Gasteiger partial charge in [-0.3, -0.25) is 9.59 Å². The third-order valence-electron chi connectivity index (χ3n) is 8.36. The maximum absolute atomic E-state index is 13.8. The number of thiophene rings is 1. The molecule has 0 saturated heterocycles. The van der Waals surface area contributed by atoms with E-state index in [1.807, 2.05) is 0 Å². The van der Waals surface area contributed by atoms with Crippen molar-refractivity contribution in [2.45, 2.75) is 78.1 Å². The number of hydrogen-bond acceptors (Lipinski definition) is 13. The van der Waals surface area contributed by atoms with Crippen LogP contribution in [0.15, 0.2) is 34.5 Å². The molecular formula is C40H56N4O10S. The molecule has 1 aromatic heterocycles. The fourth-order valence-electron chi connectivity index (χ4n) is 5.51. The van der Waals surface area contributed by atoms with Gasteiger partial charge in [0, 0.05) is 11.1 Å². The third kappa shape index (κ3) is 13.0. The molecule has 55 heavy (non-hydrogen) atoms. The lowest BCUT2D eigenvalue weighted by atomic mass is 10.2. The number of ether oxygens (including phenoxy) is 8. The lowest BCUT2D eigenvalue weighted by molar-refractivity contribution is 0.0945. The van der Waals surface area contributed by atoms with Crippen molar-refractivity contribution < 1.29 is 47.5 Å². The average Bonchev–Trinajstić information content (AvgIpc) is 3.57. The molecule has 14 nitrogen and oxygen atoms in total. The highest BCUT2D eigenvalue weighted by molar-refractivity contribution is 7.16. The second-order valence-corrected chi connectivity index (χ2v) is 13.3. The molecule has 0 aliphatic heterocycles. The fraction of sp³-hybridized carbons (Fsp3) is 0.500. The van der Waals surface area contributed by atoms with E-state index in [4.69, 9.17) is 37.9 Å². The number of carbonyl (C=O) groups excluding carboxylic acids is 2. The van der Waals surface area contributed by atoms with Crippen molar-refractivity contribution in [1.82, 2.24) is 10.9 Å². The Morgan fingerprint density at radius 2 is 0.873 bits per heavy atom. The largest absolute Gasteiger partial charge is 0.493 e. The van der Waals surface area contributed by atoms with Gasteiger partial charge < -0.3 is 37.9 Å². The van der Waals surface area contributed by atoms with Crippen LogP contribution in [0, 0.1) is 0 Å². The number of unbranched alkanes of at least 4 members (excludes halogenated alkanes) is 8. The third-order valence-corrected chi connectivity index (χ3v) is 9.51. The van der Waals surface area contributed by atoms with Crippen LogP contribution < -0.4 is 48.7 Å². The van der Waals surface area contributed by atoms with Gasteiger partial charge in [-0.05, 0) is 37.1 Å². The molecule has 2 N–H and O–H groups in total. The Morgan fingerprint density at radius 3 is 1.18 bits per heavy atom. The summed E-state index contributed by atoms with van der Waals surface area (Å²) in [4.78, 5) is 27.8. The minimum Gasteiger partial charge on any atom is -0.493 e. The summed E-state index contributed by atoms with van der Waals surface area (Å²) in [6.45, 7) is 4.99. The first-order chi connectivity index (χ1) is 26.8. The topological polar surface area (TPSA) is 157 Å². The minimum absolute atomic E-state index is 0.135. The van der Waals surface area contributed by atoms with E-state index in [1.165, 1.54) is 55.1 Å². The lowest BCUT2D eigenvalue weighted by Gasteiger charge is -2.13. The molecular weight excluding hydrogens is 729 g/mol. The number of hydrogen-bond donors (Lipinski definition) is 2. The molecule has 0 unspecified atom stereocenters. The highest BCUT2D eigenvalue weighted by Gasteiger charge is 2.30. The number of benzene rings is 2. The van der Waals surface area contributed by atoms with Gasteiger partial charge in [-0.25, -0.2) is 10.9 Å². The maximum Gasteiger partial charge on any atom is 0.285 e. The number of hydrazone groups is 2. The zero-order valence-corrected chi connectivity index (χ0v) is 34.2. The molecule has 0 spiro atoms. The van der Waals surface area contributed by atoms with E-state index in [0.29, 0.717) is 58.8 Å². The zero-order valence-electron chi connectivity index (χ0n) is 33.3. The van der Waals surface area contributed by atoms with Gasteiger partial charge in [0.25, 0.3) is 11.8 Å². The van der Waals surface area contributed by atoms with Gasteiger partial charge in [0.15, 0.2) is 34.5 Å². The lowest BCUT2D eigenvalue weighted by Crippen LogP contribution is -2.17. The molecule has 0 saturated carbocycles. The Balaban J connectivity index is 1.96. The summed E-state index contributed by atoms with van der Waals surface area (Å²) in [5.41, 5.74) is 6.31. The molecule has 15 heteroatoms. The van der Waals surface area contributed by atoms with Crippen LogP contribution in [0.1, 0.15) is 109 Å². The van der Waals surface area contributed by atoms with E-state index in [0.717, 1.165) is 75.5 Å². The number of amides is 2. The molecule has 0 atom stereocenters. The first-order valence-corrected chi connectivity index (χ1v) is 19.3. The molecule has 0 bridgehead atoms. The SMILES string of the molecule is CCCCCCCOc1c(C(=O)N/N=C/c2cc(OC)c(OC)c(OC)c2)sc(C(=O)N/N=C/c2cc(OC)c(OC)c(OC)c2)c1OCCCCCCC. The first kappa shape index (κ1) is 44.2. The van der Waals surface area contributed by atoms with Crippen molar-refractivity contribution >= 4 is 35.6 Å². The first-order valence-electron chi connectivity index (χ1n) is 18.5. The van der Waals surface area contributed by atoms with Crippen LogP contribution in [0.25, 0.3) is 0 Å². The fourth-order valence-corrected chi connectivity index (χ4v) is 6.48. The van der Waals surface area contributed by atoms with Gasteiger partial charge in [-0.2, -0.15) is 10.2 Å². The monoisotopic (exact) mass is 784 g/mol. The van der Waals surface area contributed by atoms with Gasteiger partial charge >= 0.3 is 0 Å². The van der Waals surface area contributed by atoms with E-state index in [9.17, 15) is 9.59 Å². The number of rotatable bonds is 26. The number of nitrogens with one attached hydrogen (secondary N) is 2. The van der Waals surface area contributed by atoms with Gasteiger partial charge in [0.2, 0.25) is 11.5 Å². The number of methoxy groups -OCH3 is 6. The number of nitrogens with zero attached hydrogens (tertiary/aromatic N) is 2. The molecule has 0 aliphatic carbocycles. The minimum atomic E-state index is -0.581. The highest BCUT2D eigenvalue weighted by Crippen LogP contribution is 2.43. The Bertz CT molecular complexity index is 1550. The van der Waals surface area contributed by atoms with E-state index in [1.54, 1.807) is 24.3 Å². The Kier molecular flexibility index (Phi) is 19.5. The molecule has 302 valence electrons. The zero-order chi connectivity index (χ0) is 40.0. The normalized spacial score (nSPS) is 11.1. The molecule has 3 rings (SSSR count). The molecule has 0 fully saturated rings. The molecule has 2 aromatic carbocycles. The number of carbonyl (C=O) groups is 2. The van der Waals surface area contributed by atoms with E-state index < -0.39 is 11.8 Å². The van der Waals surface area contributed by atoms with E-state index >= 15 is 0 Å². The van der Waals surface area contributed by atoms with Gasteiger partial charge in [0.05, 0.1) is 68.3 Å². The smallest absolute Gasteiger partial charge is 0.285 e. The molecule has 3 aromatic rings. The van der Waals surface area contributed by atoms with Crippen molar-refractivity contribution in [3.8, 4) is 46.0 Å². The maximum atomic E-state index is 13.8. The second kappa shape index (κ2) is 24.3. The standard InChI is InChI=1S/C40H56N4O10S/c1-9-11-13-15-17-19-53-35-36(54-20-18-16-14-12-10-2)38(40(46)44-42-26-28-23-31(49-5)34(52-8)32(24-28)50-6)55-37(35)39(45)43-41-25-27-21-29(47-3)33(51-7)30(22-27)48-4/h21-26H,9-20H2,1-8H3,(H,43,45)(H,44,46)/b41-25+,42-26+. The van der Waals surface area contributed by atoms with Crippen molar-refractivity contribution in [2.75, 3.05) is 55.9 Å². The van der Waals surface area contributed by atoms with Gasteiger partial charge in [-0.15, -0.1) is 11.3 Å². The van der Waals surface area contributed by atoms with Crippen LogP contribution in [0.2, 0.25) is 0 Å². The van der Waals surface area contributed by atoms with E-state index in [2.05, 4.69) is 34.9 Å². The molecule has 1 heterocycles. The predicted molar refractivity (Wildman–Crippen MR) is 215 cm³/mol. The Morgan fingerprint density at radius 1 is 0.527 bits per heavy atom. The van der Waals surface area contributed by atoms with Crippen LogP contribution in [-0.4, -0.2) is 80.1 Å². The van der Waals surface area contributed by atoms with E-state index in [-0.39, 0.29) is 21.3 Å². The summed E-state index contributed by atoms with van der Waals surface area (Å²) in [5, 5.41) is 8.37. The summed E-state index contributed by atoms with van der Waals surface area (Å²) in [6.07, 6.45) is 13.0. The average molecular weight is 785 g/mol. The van der Waals surface area contributed by atoms with Crippen molar-refractivity contribution in [3.63, 3.8) is 0 Å². The van der Waals surface area contributed by atoms with Crippen LogP contribution in [-0.2, 0) is 0 Å². The van der Waals surface area contributed by atoms with Gasteiger partial charge in [-0.1, -0.05) is 65.2 Å². The quantitative estimate of drug-likeness (QED) is 0.0464. The van der Waals surface area contributed by atoms with Crippen LogP contribution >= 0.6 is 11.3 Å². The van der Waals surface area contributed by atoms with Gasteiger partial charge in [0.1, 0.15) is 9.75 Å². The summed E-state index contributed by atoms with van der Waals surface area (Å²) in [7, 11) is 9.08. The highest BCUT2D eigenvalue weighted by atomic mass is 32.1. The van der Waals surface area contributed by atoms with Crippen molar-refractivity contribution in [1.29, 1.82) is 0 Å². The second-order valence-electron chi connectivity index (χ2n) is 12.3. The summed E-state index contributed by atoms with van der Waals surface area (Å²) in [6, 6.07) is 6.79. The molecule has 0 aliphatic rings.